The summed E-state index contributed by atoms with van der Waals surface area (Å²) < 4.78 is 0. The minimum atomic E-state index is -0.0856. The van der Waals surface area contributed by atoms with Gasteiger partial charge in [0.1, 0.15) is 0 Å². The van der Waals surface area contributed by atoms with E-state index in [1.54, 1.807) is 0 Å². The fourth-order valence-corrected chi connectivity index (χ4v) is 0.183. The molecule has 0 aromatic carbocycles. The molecule has 0 aromatic rings. The molecule has 7 heavy (non-hydrogen) atoms. The molecule has 0 saturated carbocycles. The van der Waals surface area contributed by atoms with Crippen molar-refractivity contribution in [2.75, 3.05) is 6.54 Å². The van der Waals surface area contributed by atoms with Gasteiger partial charge in [0, 0.05) is 25.4 Å². The molecular formula is C4H8NORh-. The van der Waals surface area contributed by atoms with Crippen LogP contribution < -0.4 is 0 Å². The molecule has 0 amide bonds. The molecule has 0 unspecified atom stereocenters. The first-order valence-electron chi connectivity index (χ1n) is 1.82. The standard InChI is InChI=1S/C4H8NO.Rh/c1-3-5-4(2)6;/h6H,2-3H2,1H3;/q-1;. The van der Waals surface area contributed by atoms with Gasteiger partial charge in [-0.25, -0.2) is 0 Å². The van der Waals surface area contributed by atoms with Crippen molar-refractivity contribution in [3.63, 3.8) is 0 Å². The Labute approximate surface area is 56.4 Å². The normalized spacial score (nSPS) is 6.43. The topological polar surface area (TPSA) is 34.3 Å². The van der Waals surface area contributed by atoms with Crippen LogP contribution in [0.25, 0.3) is 5.32 Å². The second-order valence-corrected chi connectivity index (χ2v) is 0.891. The predicted molar refractivity (Wildman–Crippen MR) is 25.7 cm³/mol. The summed E-state index contributed by atoms with van der Waals surface area (Å²) in [4.78, 5) is 0. The van der Waals surface area contributed by atoms with Crippen LogP contribution in [0.4, 0.5) is 0 Å². The maximum atomic E-state index is 8.19. The van der Waals surface area contributed by atoms with E-state index < -0.39 is 0 Å². The maximum absolute atomic E-state index is 8.19. The number of nitrogens with zero attached hydrogens (tertiary/aromatic N) is 1. The number of aliphatic hydroxyl groups excluding tert-OH is 1. The van der Waals surface area contributed by atoms with E-state index in [9.17, 15) is 0 Å². The SMILES string of the molecule is C=C(O)[N-]CC.[Rh]. The third kappa shape index (κ3) is 10.7. The van der Waals surface area contributed by atoms with Gasteiger partial charge in [-0.2, -0.15) is 0 Å². The summed E-state index contributed by atoms with van der Waals surface area (Å²) in [7, 11) is 0. The summed E-state index contributed by atoms with van der Waals surface area (Å²) in [6.45, 7) is 5.57. The van der Waals surface area contributed by atoms with Gasteiger partial charge in [0.05, 0.1) is 0 Å². The summed E-state index contributed by atoms with van der Waals surface area (Å²) in [5.74, 6) is -0.0856. The first-order chi connectivity index (χ1) is 2.77. The predicted octanol–water partition coefficient (Wildman–Crippen LogP) is 1.41. The number of aliphatic hydroxyl groups is 1. The van der Waals surface area contributed by atoms with Gasteiger partial charge in [-0.3, -0.25) is 0 Å². The molecule has 0 saturated heterocycles. The molecule has 0 rings (SSSR count). The van der Waals surface area contributed by atoms with Crippen LogP contribution in [0.5, 0.6) is 0 Å². The van der Waals surface area contributed by atoms with Crippen molar-refractivity contribution in [2.45, 2.75) is 6.92 Å². The number of hydrogen-bond donors (Lipinski definition) is 1. The average molecular weight is 189 g/mol. The molecule has 0 aliphatic carbocycles. The molecule has 0 spiro atoms. The van der Waals surface area contributed by atoms with Crippen molar-refractivity contribution < 1.29 is 24.6 Å². The Morgan fingerprint density at radius 1 is 1.86 bits per heavy atom. The van der Waals surface area contributed by atoms with Gasteiger partial charge in [-0.15, -0.1) is 6.54 Å². The molecule has 0 aromatic heterocycles. The van der Waals surface area contributed by atoms with E-state index in [0.717, 1.165) is 0 Å². The minimum absolute atomic E-state index is 0. The fraction of sp³-hybridized carbons (Fsp3) is 0.500. The van der Waals surface area contributed by atoms with Crippen LogP contribution in [0.2, 0.25) is 0 Å². The minimum Gasteiger partial charge on any atom is -0.655 e. The number of hydrogen-bond acceptors (Lipinski definition) is 1. The Morgan fingerprint density at radius 2 is 2.29 bits per heavy atom. The third-order valence-electron chi connectivity index (χ3n) is 0.341. The zero-order valence-electron chi connectivity index (χ0n) is 4.14. The zero-order valence-corrected chi connectivity index (χ0v) is 5.78. The van der Waals surface area contributed by atoms with Crippen LogP contribution in [-0.4, -0.2) is 11.7 Å². The van der Waals surface area contributed by atoms with E-state index in [1.807, 2.05) is 6.92 Å². The van der Waals surface area contributed by atoms with Gasteiger partial charge in [0.25, 0.3) is 0 Å². The first-order valence-corrected chi connectivity index (χ1v) is 1.82. The van der Waals surface area contributed by atoms with Crippen LogP contribution in [0.3, 0.4) is 0 Å². The van der Waals surface area contributed by atoms with Gasteiger partial charge in [0.2, 0.25) is 0 Å². The van der Waals surface area contributed by atoms with E-state index in [-0.39, 0.29) is 25.4 Å². The summed E-state index contributed by atoms with van der Waals surface area (Å²) in [5, 5.41) is 11.7. The van der Waals surface area contributed by atoms with Gasteiger partial charge < -0.3 is 10.4 Å². The monoisotopic (exact) mass is 189 g/mol. The fourth-order valence-electron chi connectivity index (χ4n) is 0.183. The van der Waals surface area contributed by atoms with E-state index in [4.69, 9.17) is 5.11 Å². The molecule has 0 fully saturated rings. The Balaban J connectivity index is 0. The molecule has 2 nitrogen and oxygen atoms in total. The van der Waals surface area contributed by atoms with Gasteiger partial charge >= 0.3 is 0 Å². The van der Waals surface area contributed by atoms with E-state index >= 15 is 0 Å². The third-order valence-corrected chi connectivity index (χ3v) is 0.341. The number of rotatable bonds is 2. The van der Waals surface area contributed by atoms with Crippen LogP contribution in [-0.2, 0) is 19.5 Å². The molecular weight excluding hydrogens is 181 g/mol. The first kappa shape index (κ1) is 10.1. The Morgan fingerprint density at radius 3 is 2.29 bits per heavy atom. The molecule has 1 radical (unpaired) electrons. The van der Waals surface area contributed by atoms with Crippen molar-refractivity contribution in [1.29, 1.82) is 0 Å². The Bertz CT molecular complexity index is 55.7. The summed E-state index contributed by atoms with van der Waals surface area (Å²) in [6.07, 6.45) is 0. The summed E-state index contributed by atoms with van der Waals surface area (Å²) in [5.41, 5.74) is 0. The summed E-state index contributed by atoms with van der Waals surface area (Å²) in [6, 6.07) is 0. The molecule has 1 N–H and O–H groups in total. The molecule has 45 valence electrons. The Kier molecular flexibility index (Phi) is 8.56. The second kappa shape index (κ2) is 5.96. The van der Waals surface area contributed by atoms with Gasteiger partial charge in [-0.1, -0.05) is 13.5 Å². The van der Waals surface area contributed by atoms with Crippen molar-refractivity contribution in [2.24, 2.45) is 0 Å². The Hall–Kier alpha value is -0.0366. The van der Waals surface area contributed by atoms with Gasteiger partial charge in [-0.05, 0) is 0 Å². The van der Waals surface area contributed by atoms with E-state index in [2.05, 4.69) is 11.9 Å². The molecule has 0 bridgehead atoms. The van der Waals surface area contributed by atoms with Crippen molar-refractivity contribution in [3.05, 3.63) is 17.8 Å². The maximum Gasteiger partial charge on any atom is 0.00278 e. The van der Waals surface area contributed by atoms with Crippen LogP contribution in [0.15, 0.2) is 12.5 Å². The molecule has 0 aliphatic rings. The van der Waals surface area contributed by atoms with Crippen LogP contribution in [0.1, 0.15) is 6.92 Å². The van der Waals surface area contributed by atoms with Crippen molar-refractivity contribution in [1.82, 2.24) is 0 Å². The van der Waals surface area contributed by atoms with Crippen molar-refractivity contribution in [3.8, 4) is 0 Å². The molecule has 3 heteroatoms. The van der Waals surface area contributed by atoms with Gasteiger partial charge in [0.15, 0.2) is 0 Å². The zero-order chi connectivity index (χ0) is 4.99. The average Bonchev–Trinajstić information content (AvgIpc) is 1.35. The van der Waals surface area contributed by atoms with E-state index in [1.165, 1.54) is 0 Å². The smallest absolute Gasteiger partial charge is 0.00278 e. The van der Waals surface area contributed by atoms with Crippen LogP contribution >= 0.6 is 0 Å². The summed E-state index contributed by atoms with van der Waals surface area (Å²) >= 11 is 0. The molecule has 0 heterocycles. The second-order valence-electron chi connectivity index (χ2n) is 0.891. The largest absolute Gasteiger partial charge is 0.655 e. The molecule has 0 aliphatic heterocycles. The van der Waals surface area contributed by atoms with E-state index in [0.29, 0.717) is 6.54 Å². The molecule has 0 atom stereocenters. The van der Waals surface area contributed by atoms with Crippen molar-refractivity contribution >= 4 is 0 Å². The van der Waals surface area contributed by atoms with Crippen LogP contribution in [0, 0.1) is 0 Å². The quantitative estimate of drug-likeness (QED) is 0.517.